The number of nitrogens with zero attached hydrogens (tertiary/aromatic N) is 1. The van der Waals surface area contributed by atoms with E-state index < -0.39 is 39.6 Å². The highest BCUT2D eigenvalue weighted by molar-refractivity contribution is 7.91. The Morgan fingerprint density at radius 1 is 0.947 bits per heavy atom. The first kappa shape index (κ1) is 29.6. The van der Waals surface area contributed by atoms with E-state index >= 15 is 0 Å². The molecule has 38 heavy (non-hydrogen) atoms. The number of carbonyl (C=O) groups is 4. The Morgan fingerprint density at radius 2 is 1.55 bits per heavy atom. The highest BCUT2D eigenvalue weighted by Crippen LogP contribution is 2.32. The van der Waals surface area contributed by atoms with Gasteiger partial charge in [0.25, 0.3) is 5.91 Å². The molecule has 1 unspecified atom stereocenters. The number of benzene rings is 1. The summed E-state index contributed by atoms with van der Waals surface area (Å²) >= 11 is 0. The van der Waals surface area contributed by atoms with Gasteiger partial charge in [0.15, 0.2) is 9.84 Å². The Hall–Kier alpha value is -2.91. The van der Waals surface area contributed by atoms with Crippen LogP contribution in [0.4, 0.5) is 0 Å². The predicted octanol–water partition coefficient (Wildman–Crippen LogP) is -0.238. The maximum absolute atomic E-state index is 13.0. The zero-order chi connectivity index (χ0) is 27.5. The summed E-state index contributed by atoms with van der Waals surface area (Å²) in [4.78, 5) is 48.3. The van der Waals surface area contributed by atoms with Crippen molar-refractivity contribution in [3.8, 4) is 0 Å². The van der Waals surface area contributed by atoms with Crippen molar-refractivity contribution >= 4 is 33.5 Å². The summed E-state index contributed by atoms with van der Waals surface area (Å²) in [7, 11) is -3.77. The number of carboxylic acid groups (broad SMARTS) is 1. The largest absolute Gasteiger partial charge is 0.481 e. The summed E-state index contributed by atoms with van der Waals surface area (Å²) in [6, 6.07) is 3.65. The molecule has 2 aliphatic heterocycles. The second-order valence-corrected chi connectivity index (χ2v) is 10.7. The van der Waals surface area contributed by atoms with Gasteiger partial charge in [0.2, 0.25) is 11.8 Å². The third-order valence-corrected chi connectivity index (χ3v) is 7.70. The molecule has 2 heterocycles. The number of imide groups is 1. The molecule has 3 rings (SSSR count). The number of hydrogen-bond donors (Lipinski definition) is 2. The van der Waals surface area contributed by atoms with Crippen molar-refractivity contribution in [2.24, 2.45) is 0 Å². The van der Waals surface area contributed by atoms with Crippen LogP contribution in [0.2, 0.25) is 0 Å². The van der Waals surface area contributed by atoms with Gasteiger partial charge in [-0.15, -0.1) is 0 Å². The van der Waals surface area contributed by atoms with E-state index in [0.717, 1.165) is 0 Å². The maximum atomic E-state index is 13.0. The predicted molar refractivity (Wildman–Crippen MR) is 130 cm³/mol. The summed E-state index contributed by atoms with van der Waals surface area (Å²) in [5.41, 5.74) is 0.581. The fourth-order valence-electron chi connectivity index (χ4n) is 4.05. The molecule has 14 heteroatoms. The van der Waals surface area contributed by atoms with Crippen molar-refractivity contribution in [1.82, 2.24) is 10.2 Å². The van der Waals surface area contributed by atoms with Crippen molar-refractivity contribution in [2.45, 2.75) is 36.7 Å². The van der Waals surface area contributed by atoms with E-state index in [0.29, 0.717) is 32.0 Å². The molecule has 3 amide bonds. The number of rotatable bonds is 17. The van der Waals surface area contributed by atoms with Crippen molar-refractivity contribution in [3.05, 3.63) is 29.3 Å². The van der Waals surface area contributed by atoms with Crippen LogP contribution in [0.15, 0.2) is 23.1 Å². The molecule has 0 spiro atoms. The monoisotopic (exact) mass is 556 g/mol. The van der Waals surface area contributed by atoms with Gasteiger partial charge in [-0.05, 0) is 18.6 Å². The summed E-state index contributed by atoms with van der Waals surface area (Å²) in [5.74, 6) is -2.60. The molecule has 0 aromatic heterocycles. The molecule has 1 fully saturated rings. The Labute approximate surface area is 220 Å². The van der Waals surface area contributed by atoms with Gasteiger partial charge in [-0.1, -0.05) is 6.07 Å². The van der Waals surface area contributed by atoms with Crippen molar-refractivity contribution < 1.29 is 51.6 Å². The van der Waals surface area contributed by atoms with Gasteiger partial charge in [0.1, 0.15) is 6.04 Å². The van der Waals surface area contributed by atoms with Gasteiger partial charge < -0.3 is 29.0 Å². The van der Waals surface area contributed by atoms with Gasteiger partial charge in [-0.2, -0.15) is 0 Å². The highest BCUT2D eigenvalue weighted by atomic mass is 32.2. The summed E-state index contributed by atoms with van der Waals surface area (Å²) in [5, 5.41) is 10.7. The lowest BCUT2D eigenvalue weighted by Gasteiger charge is -2.29. The fraction of sp³-hybridized carbons (Fsp3) is 0.583. The number of piperidine rings is 1. The van der Waals surface area contributed by atoms with Gasteiger partial charge in [-0.3, -0.25) is 24.5 Å². The zero-order valence-corrected chi connectivity index (χ0v) is 21.7. The van der Waals surface area contributed by atoms with Crippen LogP contribution in [0.5, 0.6) is 0 Å². The van der Waals surface area contributed by atoms with Gasteiger partial charge in [0.05, 0.1) is 69.9 Å². The number of aliphatic carboxylic acids is 1. The lowest BCUT2D eigenvalue weighted by Crippen LogP contribution is -2.52. The minimum atomic E-state index is -3.77. The van der Waals surface area contributed by atoms with E-state index in [1.807, 2.05) is 0 Å². The molecule has 13 nitrogen and oxygen atoms in total. The molecule has 1 aromatic carbocycles. The standard InChI is InChI=1S/C24H32N2O11S/c27-21-5-4-19(23(30)25-21)26-16-18-17(24(26)31)2-1-3-20(18)38(32,33)15-14-37-13-12-36-11-10-35-9-8-34-7-6-22(28)29/h1-3,19H,4-16H2,(H,28,29)(H,25,27,30). The number of fused-ring (bicyclic) bond motifs is 1. The van der Waals surface area contributed by atoms with E-state index in [1.54, 1.807) is 0 Å². The molecule has 1 saturated heterocycles. The number of amides is 3. The van der Waals surface area contributed by atoms with E-state index in [4.69, 9.17) is 24.1 Å². The van der Waals surface area contributed by atoms with Gasteiger partial charge in [-0.25, -0.2) is 8.42 Å². The van der Waals surface area contributed by atoms with E-state index in [9.17, 15) is 27.6 Å². The van der Waals surface area contributed by atoms with Crippen LogP contribution in [-0.2, 0) is 49.7 Å². The van der Waals surface area contributed by atoms with Crippen LogP contribution in [0.3, 0.4) is 0 Å². The molecule has 0 bridgehead atoms. The third kappa shape index (κ3) is 8.30. The molecule has 2 N–H and O–H groups in total. The smallest absolute Gasteiger partial charge is 0.305 e. The third-order valence-electron chi connectivity index (χ3n) is 5.95. The number of hydrogen-bond acceptors (Lipinski definition) is 10. The molecule has 210 valence electrons. The van der Waals surface area contributed by atoms with Crippen LogP contribution in [0.25, 0.3) is 0 Å². The quantitative estimate of drug-likeness (QED) is 0.191. The highest BCUT2D eigenvalue weighted by Gasteiger charge is 2.41. The summed E-state index contributed by atoms with van der Waals surface area (Å²) < 4.78 is 47.1. The number of sulfone groups is 1. The first-order valence-electron chi connectivity index (χ1n) is 12.2. The van der Waals surface area contributed by atoms with Crippen LogP contribution >= 0.6 is 0 Å². The van der Waals surface area contributed by atoms with E-state index in [2.05, 4.69) is 5.32 Å². The average molecular weight is 557 g/mol. The van der Waals surface area contributed by atoms with Crippen molar-refractivity contribution in [2.75, 3.05) is 58.6 Å². The van der Waals surface area contributed by atoms with Crippen LogP contribution in [0.1, 0.15) is 35.2 Å². The summed E-state index contributed by atoms with van der Waals surface area (Å²) in [6.45, 7) is 1.71. The Morgan fingerprint density at radius 3 is 2.16 bits per heavy atom. The molecule has 0 saturated carbocycles. The SMILES string of the molecule is O=C(O)CCOCCOCCOCCOCCS(=O)(=O)c1cccc2c1CN(C1CCC(=O)NC1=O)C2=O. The first-order chi connectivity index (χ1) is 18.2. The fourth-order valence-corrected chi connectivity index (χ4v) is 5.44. The Balaban J connectivity index is 1.36. The van der Waals surface area contributed by atoms with Gasteiger partial charge in [0, 0.05) is 24.1 Å². The minimum Gasteiger partial charge on any atom is -0.481 e. The first-order valence-corrected chi connectivity index (χ1v) is 13.9. The van der Waals surface area contributed by atoms with Crippen LogP contribution in [-0.4, -0.2) is 107 Å². The second kappa shape index (κ2) is 14.3. The number of carboxylic acids is 1. The molecule has 2 aliphatic rings. The zero-order valence-electron chi connectivity index (χ0n) is 20.9. The molecule has 1 atom stereocenters. The normalized spacial score (nSPS) is 17.5. The Kier molecular flexibility index (Phi) is 11.2. The summed E-state index contributed by atoms with van der Waals surface area (Å²) in [6.07, 6.45) is 0.249. The molecule has 0 aliphatic carbocycles. The molecule has 0 radical (unpaired) electrons. The molecule has 1 aromatic rings. The second-order valence-electron chi connectivity index (χ2n) is 8.59. The molecular weight excluding hydrogens is 524 g/mol. The van der Waals surface area contributed by atoms with Crippen LogP contribution < -0.4 is 5.32 Å². The number of nitrogens with one attached hydrogen (secondary N) is 1. The van der Waals surface area contributed by atoms with Crippen molar-refractivity contribution in [3.63, 3.8) is 0 Å². The van der Waals surface area contributed by atoms with Gasteiger partial charge >= 0.3 is 5.97 Å². The Bertz CT molecular complexity index is 1120. The lowest BCUT2D eigenvalue weighted by molar-refractivity contribution is -0.139. The van der Waals surface area contributed by atoms with E-state index in [1.165, 1.54) is 23.1 Å². The van der Waals surface area contributed by atoms with Crippen molar-refractivity contribution in [1.29, 1.82) is 0 Å². The lowest BCUT2D eigenvalue weighted by atomic mass is 10.0. The average Bonchev–Trinajstić information content (AvgIpc) is 3.20. The topological polar surface area (TPSA) is 175 Å². The number of ether oxygens (including phenoxy) is 4. The minimum absolute atomic E-state index is 0.0267. The maximum Gasteiger partial charge on any atom is 0.305 e. The van der Waals surface area contributed by atoms with E-state index in [-0.39, 0.29) is 68.4 Å². The molecular formula is C24H32N2O11S. The number of carbonyl (C=O) groups excluding carboxylic acids is 3. The van der Waals surface area contributed by atoms with Crippen LogP contribution in [0, 0.1) is 0 Å².